The van der Waals surface area contributed by atoms with E-state index in [2.05, 4.69) is 5.87 Å². The van der Waals surface area contributed by atoms with E-state index in [-0.39, 0.29) is 6.04 Å². The number of halogens is 1. The quantitative estimate of drug-likeness (QED) is 0.626. The molecule has 0 aliphatic carbocycles. The fraction of sp³-hybridized carbons (Fsp3) is 0.400. The minimum atomic E-state index is -2.54. The standard InChI is InChI=1S/C10H12ClNO2S2/c1-16(14,10-5-4-9(11)15-10)12-6-2-3-8(12)7-13/h4-5,7-8H,1-3,6H2. The average Bonchev–Trinajstić information content (AvgIpc) is 2.85. The number of nitrogens with zero attached hydrogens (tertiary/aromatic N) is 1. The zero-order chi connectivity index (χ0) is 11.8. The third-order valence-corrected chi connectivity index (χ3v) is 6.68. The summed E-state index contributed by atoms with van der Waals surface area (Å²) < 4.78 is 15.5. The normalized spacial score (nSPS) is 25.4. The zero-order valence-electron chi connectivity index (χ0n) is 8.60. The molecule has 2 heterocycles. The van der Waals surface area contributed by atoms with E-state index in [4.69, 9.17) is 11.6 Å². The molecule has 0 bridgehead atoms. The second-order valence-electron chi connectivity index (χ2n) is 3.69. The maximum Gasteiger partial charge on any atom is 0.138 e. The molecule has 1 fully saturated rings. The molecule has 2 rings (SSSR count). The minimum Gasteiger partial charge on any atom is -0.302 e. The number of hydrogen-bond donors (Lipinski definition) is 0. The first-order valence-electron chi connectivity index (χ1n) is 4.90. The molecule has 1 saturated heterocycles. The fourth-order valence-corrected chi connectivity index (χ4v) is 5.37. The van der Waals surface area contributed by atoms with Gasteiger partial charge >= 0.3 is 0 Å². The van der Waals surface area contributed by atoms with Crippen LogP contribution >= 0.6 is 22.9 Å². The molecule has 1 aliphatic heterocycles. The van der Waals surface area contributed by atoms with Crippen LogP contribution < -0.4 is 0 Å². The Bertz CT molecular complexity index is 495. The van der Waals surface area contributed by atoms with Gasteiger partial charge in [-0.3, -0.25) is 0 Å². The van der Waals surface area contributed by atoms with E-state index >= 15 is 0 Å². The van der Waals surface area contributed by atoms with E-state index < -0.39 is 9.71 Å². The van der Waals surface area contributed by atoms with Crippen molar-refractivity contribution in [1.29, 1.82) is 0 Å². The van der Waals surface area contributed by atoms with Gasteiger partial charge < -0.3 is 4.79 Å². The maximum absolute atomic E-state index is 12.6. The van der Waals surface area contributed by atoms with Gasteiger partial charge in [-0.15, -0.1) is 11.3 Å². The van der Waals surface area contributed by atoms with Crippen LogP contribution in [0.4, 0.5) is 0 Å². The predicted octanol–water partition coefficient (Wildman–Crippen LogP) is 2.06. The number of carbonyl (C=O) groups is 1. The molecule has 0 amide bonds. The molecular formula is C10H12ClNO2S2. The third kappa shape index (κ3) is 2.05. The molecule has 1 aliphatic rings. The van der Waals surface area contributed by atoms with Crippen LogP contribution in [0.5, 0.6) is 0 Å². The van der Waals surface area contributed by atoms with Crippen LogP contribution in [0, 0.1) is 0 Å². The number of aldehydes is 1. The molecule has 88 valence electrons. The molecular weight excluding hydrogens is 266 g/mol. The Morgan fingerprint density at radius 3 is 2.94 bits per heavy atom. The molecule has 0 aromatic carbocycles. The van der Waals surface area contributed by atoms with Crippen LogP contribution in [0.25, 0.3) is 0 Å². The average molecular weight is 278 g/mol. The summed E-state index contributed by atoms with van der Waals surface area (Å²) in [4.78, 5) is 10.9. The van der Waals surface area contributed by atoms with Crippen molar-refractivity contribution in [2.24, 2.45) is 0 Å². The van der Waals surface area contributed by atoms with Gasteiger partial charge in [-0.25, -0.2) is 8.51 Å². The lowest BCUT2D eigenvalue weighted by Gasteiger charge is -2.23. The van der Waals surface area contributed by atoms with Crippen LogP contribution in [-0.4, -0.2) is 33.3 Å². The first-order valence-corrected chi connectivity index (χ1v) is 7.78. The fourth-order valence-electron chi connectivity index (χ4n) is 1.85. The molecule has 0 spiro atoms. The van der Waals surface area contributed by atoms with Gasteiger partial charge in [-0.2, -0.15) is 0 Å². The van der Waals surface area contributed by atoms with Gasteiger partial charge in [0.25, 0.3) is 0 Å². The topological polar surface area (TPSA) is 37.4 Å². The molecule has 1 aromatic rings. The summed E-state index contributed by atoms with van der Waals surface area (Å²) in [5, 5.41) is 0. The van der Waals surface area contributed by atoms with Crippen molar-refractivity contribution >= 4 is 44.8 Å². The monoisotopic (exact) mass is 277 g/mol. The molecule has 2 atom stereocenters. The number of rotatable bonds is 3. The van der Waals surface area contributed by atoms with Crippen molar-refractivity contribution in [3.8, 4) is 0 Å². The van der Waals surface area contributed by atoms with Gasteiger partial charge in [0.15, 0.2) is 0 Å². The van der Waals surface area contributed by atoms with Gasteiger partial charge in [-0.05, 0) is 30.8 Å². The highest BCUT2D eigenvalue weighted by Gasteiger charge is 2.31. The molecule has 2 unspecified atom stereocenters. The number of carbonyl (C=O) groups excluding carboxylic acids is 1. The summed E-state index contributed by atoms with van der Waals surface area (Å²) >= 11 is 7.08. The highest BCUT2D eigenvalue weighted by molar-refractivity contribution is 8.00. The highest BCUT2D eigenvalue weighted by atomic mass is 35.5. The molecule has 0 N–H and O–H groups in total. The van der Waals surface area contributed by atoms with Crippen molar-refractivity contribution in [2.75, 3.05) is 6.54 Å². The van der Waals surface area contributed by atoms with Gasteiger partial charge in [0.05, 0.1) is 24.3 Å². The largest absolute Gasteiger partial charge is 0.302 e. The summed E-state index contributed by atoms with van der Waals surface area (Å²) in [5.41, 5.74) is 0. The highest BCUT2D eigenvalue weighted by Crippen LogP contribution is 2.31. The van der Waals surface area contributed by atoms with Crippen LogP contribution in [0.15, 0.2) is 16.3 Å². The number of hydrogen-bond acceptors (Lipinski definition) is 3. The van der Waals surface area contributed by atoms with Crippen molar-refractivity contribution in [1.82, 2.24) is 4.31 Å². The Morgan fingerprint density at radius 2 is 2.38 bits per heavy atom. The van der Waals surface area contributed by atoms with Gasteiger partial charge in [0, 0.05) is 6.54 Å². The summed E-state index contributed by atoms with van der Waals surface area (Å²) in [6.07, 6.45) is 2.50. The molecule has 16 heavy (non-hydrogen) atoms. The van der Waals surface area contributed by atoms with Crippen LogP contribution in [-0.2, 0) is 14.5 Å². The van der Waals surface area contributed by atoms with E-state index in [1.807, 2.05) is 0 Å². The maximum atomic E-state index is 12.6. The predicted molar refractivity (Wildman–Crippen MR) is 68.7 cm³/mol. The Balaban J connectivity index is 2.35. The molecule has 1 aromatic heterocycles. The molecule has 0 radical (unpaired) electrons. The summed E-state index contributed by atoms with van der Waals surface area (Å²) in [7, 11) is -2.54. The SMILES string of the molecule is C=S(=O)(c1ccc(Cl)s1)N1CCCC1C=O. The van der Waals surface area contributed by atoms with Crippen molar-refractivity contribution < 1.29 is 9.00 Å². The second kappa shape index (κ2) is 4.49. The summed E-state index contributed by atoms with van der Waals surface area (Å²) in [6, 6.07) is 3.16. The minimum absolute atomic E-state index is 0.272. The van der Waals surface area contributed by atoms with Gasteiger partial charge in [0.2, 0.25) is 0 Å². The zero-order valence-corrected chi connectivity index (χ0v) is 11.0. The summed E-state index contributed by atoms with van der Waals surface area (Å²) in [5.74, 6) is 3.78. The number of thiophene rings is 1. The molecule has 6 heteroatoms. The summed E-state index contributed by atoms with van der Waals surface area (Å²) in [6.45, 7) is 0.654. The van der Waals surface area contributed by atoms with Gasteiger partial charge in [0.1, 0.15) is 6.29 Å². The Kier molecular flexibility index (Phi) is 3.39. The van der Waals surface area contributed by atoms with Crippen LogP contribution in [0.3, 0.4) is 0 Å². The van der Waals surface area contributed by atoms with E-state index in [9.17, 15) is 9.00 Å². The lowest BCUT2D eigenvalue weighted by atomic mass is 10.2. The first kappa shape index (κ1) is 12.1. The Hall–Kier alpha value is -0.360. The van der Waals surface area contributed by atoms with E-state index in [1.54, 1.807) is 16.4 Å². The second-order valence-corrected chi connectivity index (χ2v) is 7.85. The van der Waals surface area contributed by atoms with Crippen molar-refractivity contribution in [3.05, 3.63) is 16.5 Å². The first-order chi connectivity index (χ1) is 7.55. The smallest absolute Gasteiger partial charge is 0.138 e. The molecule has 3 nitrogen and oxygen atoms in total. The third-order valence-electron chi connectivity index (χ3n) is 2.65. The van der Waals surface area contributed by atoms with Crippen LogP contribution in [0.1, 0.15) is 12.8 Å². The van der Waals surface area contributed by atoms with E-state index in [0.29, 0.717) is 15.1 Å². The van der Waals surface area contributed by atoms with Gasteiger partial charge in [-0.1, -0.05) is 11.6 Å². The lowest BCUT2D eigenvalue weighted by Crippen LogP contribution is -2.35. The Morgan fingerprint density at radius 1 is 1.62 bits per heavy atom. The van der Waals surface area contributed by atoms with E-state index in [0.717, 1.165) is 19.1 Å². The van der Waals surface area contributed by atoms with Crippen molar-refractivity contribution in [3.63, 3.8) is 0 Å². The van der Waals surface area contributed by atoms with Crippen molar-refractivity contribution in [2.45, 2.75) is 23.1 Å². The molecule has 0 saturated carbocycles. The Labute approximate surface area is 104 Å². The van der Waals surface area contributed by atoms with E-state index in [1.165, 1.54) is 11.3 Å². The van der Waals surface area contributed by atoms with Crippen LogP contribution in [0.2, 0.25) is 4.34 Å². The lowest BCUT2D eigenvalue weighted by molar-refractivity contribution is -0.110.